The number of aliphatic hydroxyl groups excluding tert-OH is 1. The number of aromatic nitrogens is 1. The van der Waals surface area contributed by atoms with Crippen LogP contribution in [0.2, 0.25) is 0 Å². The molecule has 1 saturated heterocycles. The second kappa shape index (κ2) is 6.38. The molecule has 2 aromatic rings. The van der Waals surface area contributed by atoms with Gasteiger partial charge in [0.1, 0.15) is 5.75 Å². The summed E-state index contributed by atoms with van der Waals surface area (Å²) in [4.78, 5) is 18.7. The van der Waals surface area contributed by atoms with Crippen LogP contribution in [0.25, 0.3) is 0 Å². The molecule has 5 heteroatoms. The Labute approximate surface area is 135 Å². The fourth-order valence-corrected chi connectivity index (χ4v) is 2.96. The van der Waals surface area contributed by atoms with Gasteiger partial charge >= 0.3 is 0 Å². The molecule has 1 aromatic carbocycles. The molecule has 1 fully saturated rings. The van der Waals surface area contributed by atoms with Gasteiger partial charge in [0.05, 0.1) is 24.8 Å². The Kier molecular flexibility index (Phi) is 4.30. The van der Waals surface area contributed by atoms with Gasteiger partial charge in [-0.05, 0) is 43.2 Å². The smallest absolute Gasteiger partial charge is 0.256 e. The molecule has 0 spiro atoms. The van der Waals surface area contributed by atoms with E-state index in [1.165, 1.54) is 0 Å². The summed E-state index contributed by atoms with van der Waals surface area (Å²) in [5, 5.41) is 10.1. The quantitative estimate of drug-likeness (QED) is 0.945. The number of amides is 1. The van der Waals surface area contributed by atoms with Gasteiger partial charge in [-0.15, -0.1) is 0 Å². The number of ether oxygens (including phenoxy) is 1. The lowest BCUT2D eigenvalue weighted by atomic mass is 10.0. The minimum absolute atomic E-state index is 0.109. The van der Waals surface area contributed by atoms with Gasteiger partial charge in [-0.1, -0.05) is 12.1 Å². The fraction of sp³-hybridized carbons (Fsp3) is 0.333. The predicted molar refractivity (Wildman–Crippen MR) is 86.4 cm³/mol. The normalized spacial score (nSPS) is 20.6. The number of carbonyl (C=O) groups excluding carboxylic acids is 1. The summed E-state index contributed by atoms with van der Waals surface area (Å²) in [6.07, 6.45) is 1.59. The number of aryl methyl sites for hydroxylation is 1. The molecule has 0 aliphatic carbocycles. The van der Waals surface area contributed by atoms with E-state index < -0.39 is 6.10 Å². The molecular weight excluding hydrogens is 292 g/mol. The average molecular weight is 312 g/mol. The minimum Gasteiger partial charge on any atom is -0.497 e. The molecule has 0 saturated carbocycles. The highest BCUT2D eigenvalue weighted by atomic mass is 16.5. The number of hydrogen-bond acceptors (Lipinski definition) is 4. The topological polar surface area (TPSA) is 62.7 Å². The summed E-state index contributed by atoms with van der Waals surface area (Å²) in [6, 6.07) is 11.1. The molecule has 2 heterocycles. The second-order valence-electron chi connectivity index (χ2n) is 5.83. The van der Waals surface area contributed by atoms with Crippen molar-refractivity contribution in [1.82, 2.24) is 9.88 Å². The molecule has 23 heavy (non-hydrogen) atoms. The van der Waals surface area contributed by atoms with Crippen molar-refractivity contribution in [2.24, 2.45) is 0 Å². The van der Waals surface area contributed by atoms with E-state index >= 15 is 0 Å². The first-order chi connectivity index (χ1) is 11.1. The first-order valence-corrected chi connectivity index (χ1v) is 7.64. The number of carbonyl (C=O) groups is 1. The monoisotopic (exact) mass is 312 g/mol. The third-order valence-corrected chi connectivity index (χ3v) is 4.18. The van der Waals surface area contributed by atoms with Crippen molar-refractivity contribution in [1.29, 1.82) is 0 Å². The summed E-state index contributed by atoms with van der Waals surface area (Å²) in [5.41, 5.74) is 2.37. The van der Waals surface area contributed by atoms with E-state index in [4.69, 9.17) is 4.74 Å². The maximum absolute atomic E-state index is 12.8. The molecule has 120 valence electrons. The van der Waals surface area contributed by atoms with Crippen LogP contribution in [-0.4, -0.2) is 40.7 Å². The van der Waals surface area contributed by atoms with E-state index in [1.54, 1.807) is 24.3 Å². The number of nitrogens with zero attached hydrogens (tertiary/aromatic N) is 2. The van der Waals surface area contributed by atoms with Crippen molar-refractivity contribution in [3.8, 4) is 5.75 Å². The maximum atomic E-state index is 12.8. The van der Waals surface area contributed by atoms with Gasteiger partial charge in [0.25, 0.3) is 5.91 Å². The van der Waals surface area contributed by atoms with Crippen molar-refractivity contribution >= 4 is 5.91 Å². The van der Waals surface area contributed by atoms with Crippen LogP contribution in [0.1, 0.15) is 34.1 Å². The molecule has 1 aromatic heterocycles. The highest BCUT2D eigenvalue weighted by molar-refractivity contribution is 5.94. The molecule has 0 unspecified atom stereocenters. The maximum Gasteiger partial charge on any atom is 0.256 e. The van der Waals surface area contributed by atoms with Gasteiger partial charge in [0, 0.05) is 18.4 Å². The van der Waals surface area contributed by atoms with Gasteiger partial charge in [0.2, 0.25) is 0 Å². The zero-order valence-corrected chi connectivity index (χ0v) is 13.3. The zero-order chi connectivity index (χ0) is 16.4. The number of methoxy groups -OCH3 is 1. The van der Waals surface area contributed by atoms with Crippen LogP contribution in [0.3, 0.4) is 0 Å². The van der Waals surface area contributed by atoms with Gasteiger partial charge in [-0.3, -0.25) is 9.78 Å². The van der Waals surface area contributed by atoms with Crippen molar-refractivity contribution in [3.63, 3.8) is 0 Å². The van der Waals surface area contributed by atoms with E-state index in [2.05, 4.69) is 4.98 Å². The predicted octanol–water partition coefficient (Wildman–Crippen LogP) is 2.35. The number of pyridine rings is 1. The van der Waals surface area contributed by atoms with E-state index in [0.717, 1.165) is 17.0 Å². The van der Waals surface area contributed by atoms with Crippen LogP contribution < -0.4 is 4.74 Å². The highest BCUT2D eigenvalue weighted by Gasteiger charge is 2.35. The molecule has 1 amide bonds. The van der Waals surface area contributed by atoms with Crippen molar-refractivity contribution < 1.29 is 14.6 Å². The Balaban J connectivity index is 1.89. The number of hydrogen-bond donors (Lipinski definition) is 1. The molecule has 1 aliphatic rings. The lowest BCUT2D eigenvalue weighted by molar-refractivity contribution is 0.0715. The van der Waals surface area contributed by atoms with Gasteiger partial charge in [-0.2, -0.15) is 0 Å². The van der Waals surface area contributed by atoms with Crippen LogP contribution in [0.15, 0.2) is 42.6 Å². The number of β-amino-alcohol motifs (C(OH)–C–C–N with tert-alkyl or cyclic N) is 1. The Morgan fingerprint density at radius 1 is 1.35 bits per heavy atom. The lowest BCUT2D eigenvalue weighted by Gasteiger charge is -2.25. The molecule has 1 N–H and O–H groups in total. The van der Waals surface area contributed by atoms with Gasteiger partial charge in [0.15, 0.2) is 0 Å². The van der Waals surface area contributed by atoms with Crippen LogP contribution in [0, 0.1) is 6.92 Å². The summed E-state index contributed by atoms with van der Waals surface area (Å²) in [7, 11) is 1.61. The third-order valence-electron chi connectivity index (χ3n) is 4.18. The Hall–Kier alpha value is -2.40. The second-order valence-corrected chi connectivity index (χ2v) is 5.83. The number of rotatable bonds is 3. The highest BCUT2D eigenvalue weighted by Crippen LogP contribution is 2.34. The van der Waals surface area contributed by atoms with Crippen LogP contribution in [0.5, 0.6) is 5.75 Å². The van der Waals surface area contributed by atoms with Crippen LogP contribution in [-0.2, 0) is 0 Å². The van der Waals surface area contributed by atoms with Crippen molar-refractivity contribution in [2.45, 2.75) is 25.5 Å². The van der Waals surface area contributed by atoms with Crippen LogP contribution in [0.4, 0.5) is 0 Å². The number of likely N-dealkylation sites (tertiary alicyclic amines) is 1. The molecule has 3 rings (SSSR count). The molecule has 0 bridgehead atoms. The summed E-state index contributed by atoms with van der Waals surface area (Å²) < 4.78 is 5.26. The summed E-state index contributed by atoms with van der Waals surface area (Å²) in [6.45, 7) is 2.21. The van der Waals surface area contributed by atoms with E-state index in [1.807, 2.05) is 37.3 Å². The molecular formula is C18H20N2O3. The van der Waals surface area contributed by atoms with E-state index in [0.29, 0.717) is 18.5 Å². The largest absolute Gasteiger partial charge is 0.497 e. The lowest BCUT2D eigenvalue weighted by Crippen LogP contribution is -2.31. The standard InChI is InChI=1S/C18H20N2O3/c1-12-6-7-14(10-19-12)18(22)20-11-15(21)9-17(20)13-4-3-5-16(8-13)23-2/h3-8,10,15,17,21H,9,11H2,1-2H3/t15-,17-/m1/s1. The Morgan fingerprint density at radius 3 is 2.87 bits per heavy atom. The number of aliphatic hydroxyl groups is 1. The molecule has 0 radical (unpaired) electrons. The first-order valence-electron chi connectivity index (χ1n) is 7.64. The minimum atomic E-state index is -0.520. The molecule has 2 atom stereocenters. The molecule has 5 nitrogen and oxygen atoms in total. The Bertz CT molecular complexity index is 700. The van der Waals surface area contributed by atoms with Gasteiger partial charge in [-0.25, -0.2) is 0 Å². The third kappa shape index (κ3) is 3.19. The Morgan fingerprint density at radius 2 is 2.17 bits per heavy atom. The zero-order valence-electron chi connectivity index (χ0n) is 13.3. The summed E-state index contributed by atoms with van der Waals surface area (Å²) in [5.74, 6) is 0.634. The van der Waals surface area contributed by atoms with Gasteiger partial charge < -0.3 is 14.7 Å². The first kappa shape index (κ1) is 15.5. The SMILES string of the molecule is COc1cccc([C@H]2C[C@@H](O)CN2C(=O)c2ccc(C)nc2)c1. The average Bonchev–Trinajstić information content (AvgIpc) is 2.97. The van der Waals surface area contributed by atoms with Crippen molar-refractivity contribution in [3.05, 3.63) is 59.4 Å². The van der Waals surface area contributed by atoms with E-state index in [-0.39, 0.29) is 11.9 Å². The summed E-state index contributed by atoms with van der Waals surface area (Å²) >= 11 is 0. The fourth-order valence-electron chi connectivity index (χ4n) is 2.96. The number of benzene rings is 1. The van der Waals surface area contributed by atoms with E-state index in [9.17, 15) is 9.90 Å². The molecule has 1 aliphatic heterocycles. The van der Waals surface area contributed by atoms with Crippen LogP contribution >= 0.6 is 0 Å². The van der Waals surface area contributed by atoms with Crippen molar-refractivity contribution in [2.75, 3.05) is 13.7 Å².